The van der Waals surface area contributed by atoms with Gasteiger partial charge in [0, 0.05) is 11.3 Å². The monoisotopic (exact) mass is 369 g/mol. The van der Waals surface area contributed by atoms with Gasteiger partial charge in [-0.15, -0.1) is 0 Å². The molecule has 0 atom stereocenters. The number of rotatable bonds is 5. The van der Waals surface area contributed by atoms with Crippen LogP contribution >= 0.6 is 0 Å². The van der Waals surface area contributed by atoms with Crippen LogP contribution in [0.4, 0.5) is 11.4 Å². The second-order valence-electron chi connectivity index (χ2n) is 6.22. The number of carbonyl (C=O) groups is 1. The van der Waals surface area contributed by atoms with Crippen LogP contribution in [-0.4, -0.2) is 25.6 Å². The van der Waals surface area contributed by atoms with Crippen molar-refractivity contribution in [1.82, 2.24) is 14.8 Å². The standard InChI is InChI=1S/C18H19N5O4/c1-10-13(4)27-18(19-10)14-6-5-7-15(8-14)20-16(24)9-22-12(3)17(23(25)26)11(2)21-22/h5-8H,9H2,1-4H3,(H,20,24). The molecule has 140 valence electrons. The average molecular weight is 369 g/mol. The third-order valence-corrected chi connectivity index (χ3v) is 4.24. The van der Waals surface area contributed by atoms with Crippen LogP contribution in [0, 0.1) is 37.8 Å². The molecule has 1 aromatic carbocycles. The third-order valence-electron chi connectivity index (χ3n) is 4.24. The smallest absolute Gasteiger partial charge is 0.312 e. The van der Waals surface area contributed by atoms with Crippen LogP contribution in [0.15, 0.2) is 28.7 Å². The molecule has 9 nitrogen and oxygen atoms in total. The number of nitro groups is 1. The Labute approximate surface area is 155 Å². The fourth-order valence-corrected chi connectivity index (χ4v) is 2.77. The van der Waals surface area contributed by atoms with Gasteiger partial charge in [-0.05, 0) is 45.9 Å². The molecule has 9 heteroatoms. The Bertz CT molecular complexity index is 1020. The minimum absolute atomic E-state index is 0.0700. The van der Waals surface area contributed by atoms with Gasteiger partial charge < -0.3 is 9.73 Å². The number of hydrogen-bond acceptors (Lipinski definition) is 6. The lowest BCUT2D eigenvalue weighted by molar-refractivity contribution is -0.386. The first-order valence-corrected chi connectivity index (χ1v) is 8.29. The van der Waals surface area contributed by atoms with E-state index >= 15 is 0 Å². The normalized spacial score (nSPS) is 10.8. The predicted octanol–water partition coefficient (Wildman–Crippen LogP) is 3.32. The zero-order valence-electron chi connectivity index (χ0n) is 15.4. The zero-order valence-corrected chi connectivity index (χ0v) is 15.4. The molecular weight excluding hydrogens is 350 g/mol. The summed E-state index contributed by atoms with van der Waals surface area (Å²) in [5.41, 5.74) is 2.67. The van der Waals surface area contributed by atoms with E-state index in [1.165, 1.54) is 4.68 Å². The van der Waals surface area contributed by atoms with Gasteiger partial charge in [-0.3, -0.25) is 19.6 Å². The summed E-state index contributed by atoms with van der Waals surface area (Å²) in [6.07, 6.45) is 0. The van der Waals surface area contributed by atoms with Crippen molar-refractivity contribution in [2.24, 2.45) is 0 Å². The second-order valence-corrected chi connectivity index (χ2v) is 6.22. The first-order valence-electron chi connectivity index (χ1n) is 8.29. The molecule has 2 heterocycles. The van der Waals surface area contributed by atoms with E-state index in [2.05, 4.69) is 15.4 Å². The number of benzene rings is 1. The Morgan fingerprint density at radius 2 is 2.00 bits per heavy atom. The minimum atomic E-state index is -0.490. The molecule has 0 radical (unpaired) electrons. The van der Waals surface area contributed by atoms with E-state index in [0.717, 1.165) is 17.0 Å². The van der Waals surface area contributed by atoms with Crippen molar-refractivity contribution in [3.8, 4) is 11.5 Å². The number of carbonyl (C=O) groups excluding carboxylic acids is 1. The van der Waals surface area contributed by atoms with E-state index < -0.39 is 4.92 Å². The van der Waals surface area contributed by atoms with Gasteiger partial charge in [0.1, 0.15) is 23.7 Å². The van der Waals surface area contributed by atoms with Gasteiger partial charge in [0.15, 0.2) is 0 Å². The van der Waals surface area contributed by atoms with Crippen molar-refractivity contribution < 1.29 is 14.1 Å². The van der Waals surface area contributed by atoms with Gasteiger partial charge >= 0.3 is 5.69 Å². The van der Waals surface area contributed by atoms with Crippen molar-refractivity contribution in [2.45, 2.75) is 34.2 Å². The molecule has 2 aromatic heterocycles. The van der Waals surface area contributed by atoms with E-state index in [1.807, 2.05) is 19.9 Å². The van der Waals surface area contributed by atoms with Crippen LogP contribution in [0.2, 0.25) is 0 Å². The van der Waals surface area contributed by atoms with E-state index in [4.69, 9.17) is 4.42 Å². The Hall–Kier alpha value is -3.49. The Kier molecular flexibility index (Phi) is 4.76. The van der Waals surface area contributed by atoms with Crippen molar-refractivity contribution in [2.75, 3.05) is 5.32 Å². The second kappa shape index (κ2) is 7.02. The average Bonchev–Trinajstić information content (AvgIpc) is 3.07. The molecule has 0 aliphatic rings. The molecule has 0 aliphatic carbocycles. The lowest BCUT2D eigenvalue weighted by Gasteiger charge is -2.07. The number of aromatic nitrogens is 3. The van der Waals surface area contributed by atoms with Crippen LogP contribution in [0.25, 0.3) is 11.5 Å². The predicted molar refractivity (Wildman–Crippen MR) is 98.4 cm³/mol. The van der Waals surface area contributed by atoms with Crippen LogP contribution < -0.4 is 5.32 Å². The molecule has 0 bridgehead atoms. The molecule has 0 saturated heterocycles. The van der Waals surface area contributed by atoms with Crippen molar-refractivity contribution in [3.63, 3.8) is 0 Å². The quantitative estimate of drug-likeness (QED) is 0.545. The van der Waals surface area contributed by atoms with Gasteiger partial charge in [0.05, 0.1) is 10.6 Å². The summed E-state index contributed by atoms with van der Waals surface area (Å²) in [4.78, 5) is 27.3. The Morgan fingerprint density at radius 3 is 2.59 bits per heavy atom. The van der Waals surface area contributed by atoms with E-state index in [1.54, 1.807) is 32.0 Å². The molecule has 0 fully saturated rings. The van der Waals surface area contributed by atoms with Crippen LogP contribution in [0.1, 0.15) is 22.8 Å². The Balaban J connectivity index is 1.76. The highest BCUT2D eigenvalue weighted by Gasteiger charge is 2.22. The van der Waals surface area contributed by atoms with Crippen LogP contribution in [-0.2, 0) is 11.3 Å². The maximum Gasteiger partial charge on any atom is 0.312 e. The van der Waals surface area contributed by atoms with Gasteiger partial charge in [-0.1, -0.05) is 6.07 Å². The number of oxazole rings is 1. The molecule has 27 heavy (non-hydrogen) atoms. The molecule has 3 rings (SSSR count). The number of nitrogens with zero attached hydrogens (tertiary/aromatic N) is 4. The summed E-state index contributed by atoms with van der Waals surface area (Å²) in [6.45, 7) is 6.69. The number of hydrogen-bond donors (Lipinski definition) is 1. The van der Waals surface area contributed by atoms with Crippen LogP contribution in [0.5, 0.6) is 0 Å². The maximum absolute atomic E-state index is 12.3. The van der Waals surface area contributed by atoms with Crippen molar-refractivity contribution in [1.29, 1.82) is 0 Å². The molecule has 1 N–H and O–H groups in total. The first-order chi connectivity index (χ1) is 12.8. The molecule has 3 aromatic rings. The highest BCUT2D eigenvalue weighted by atomic mass is 16.6. The minimum Gasteiger partial charge on any atom is -0.441 e. The molecule has 0 unspecified atom stereocenters. The fraction of sp³-hybridized carbons (Fsp3) is 0.278. The molecule has 1 amide bonds. The van der Waals surface area contributed by atoms with Gasteiger partial charge in [0.2, 0.25) is 11.8 Å². The summed E-state index contributed by atoms with van der Waals surface area (Å²) < 4.78 is 6.94. The number of anilines is 1. The summed E-state index contributed by atoms with van der Waals surface area (Å²) in [6, 6.07) is 7.12. The molecular formula is C18H19N5O4. The lowest BCUT2D eigenvalue weighted by Crippen LogP contribution is -2.20. The van der Waals surface area contributed by atoms with E-state index in [0.29, 0.717) is 17.3 Å². The number of aryl methyl sites for hydroxylation is 3. The summed E-state index contributed by atoms with van der Waals surface area (Å²) >= 11 is 0. The van der Waals surface area contributed by atoms with Crippen LogP contribution in [0.3, 0.4) is 0 Å². The summed E-state index contributed by atoms with van der Waals surface area (Å²) in [7, 11) is 0. The largest absolute Gasteiger partial charge is 0.441 e. The summed E-state index contributed by atoms with van der Waals surface area (Å²) in [5, 5.41) is 17.9. The lowest BCUT2D eigenvalue weighted by atomic mass is 10.2. The SMILES string of the molecule is Cc1nc(-c2cccc(NC(=O)Cn3nc(C)c([N+](=O)[O-])c3C)c2)oc1C. The Morgan fingerprint density at radius 1 is 1.26 bits per heavy atom. The van der Waals surface area contributed by atoms with E-state index in [9.17, 15) is 14.9 Å². The number of amides is 1. The first kappa shape index (κ1) is 18.3. The maximum atomic E-state index is 12.3. The highest BCUT2D eigenvalue weighted by molar-refractivity contribution is 5.91. The highest BCUT2D eigenvalue weighted by Crippen LogP contribution is 2.24. The van der Waals surface area contributed by atoms with Gasteiger partial charge in [-0.25, -0.2) is 4.98 Å². The molecule has 0 aliphatic heterocycles. The van der Waals surface area contributed by atoms with E-state index in [-0.39, 0.29) is 23.8 Å². The third kappa shape index (κ3) is 3.71. The van der Waals surface area contributed by atoms with Crippen molar-refractivity contribution >= 4 is 17.3 Å². The molecule has 0 saturated carbocycles. The number of nitrogens with one attached hydrogen (secondary N) is 1. The van der Waals surface area contributed by atoms with Crippen molar-refractivity contribution in [3.05, 3.63) is 57.2 Å². The molecule has 0 spiro atoms. The fourth-order valence-electron chi connectivity index (χ4n) is 2.77. The topological polar surface area (TPSA) is 116 Å². The van der Waals surface area contributed by atoms with Gasteiger partial charge in [0.25, 0.3) is 0 Å². The summed E-state index contributed by atoms with van der Waals surface area (Å²) in [5.74, 6) is 0.883. The van der Waals surface area contributed by atoms with Gasteiger partial charge in [-0.2, -0.15) is 5.10 Å². The zero-order chi connectivity index (χ0) is 19.7.